The number of hydrogen-bond donors (Lipinski definition) is 1. The number of benzene rings is 1. The lowest BCUT2D eigenvalue weighted by Gasteiger charge is -2.33. The predicted octanol–water partition coefficient (Wildman–Crippen LogP) is 3.94. The Balaban J connectivity index is 1.44. The summed E-state index contributed by atoms with van der Waals surface area (Å²) in [5.41, 5.74) is 0.173. The van der Waals surface area contributed by atoms with Crippen LogP contribution < -0.4 is 10.1 Å². The van der Waals surface area contributed by atoms with Gasteiger partial charge >= 0.3 is 6.09 Å². The highest BCUT2D eigenvalue weighted by molar-refractivity contribution is 5.92. The number of para-hydroxylation sites is 2. The molecule has 0 aliphatic carbocycles. The first-order chi connectivity index (χ1) is 14.8. The van der Waals surface area contributed by atoms with Crippen LogP contribution in [0.2, 0.25) is 0 Å². The van der Waals surface area contributed by atoms with Crippen molar-refractivity contribution in [2.24, 2.45) is 5.92 Å². The van der Waals surface area contributed by atoms with Crippen LogP contribution >= 0.6 is 0 Å². The molecule has 1 saturated heterocycles. The molecule has 0 radical (unpaired) electrons. The smallest absolute Gasteiger partial charge is 0.410 e. The molecule has 8 nitrogen and oxygen atoms in total. The number of amides is 2. The van der Waals surface area contributed by atoms with E-state index in [0.29, 0.717) is 44.1 Å². The second-order valence-corrected chi connectivity index (χ2v) is 8.81. The van der Waals surface area contributed by atoms with E-state index in [9.17, 15) is 9.59 Å². The Morgan fingerprint density at radius 2 is 1.94 bits per heavy atom. The Morgan fingerprint density at radius 3 is 2.61 bits per heavy atom. The van der Waals surface area contributed by atoms with Gasteiger partial charge in [0.1, 0.15) is 18.0 Å². The summed E-state index contributed by atoms with van der Waals surface area (Å²) < 4.78 is 13.2. The maximum atomic E-state index is 12.6. The second kappa shape index (κ2) is 10.3. The van der Waals surface area contributed by atoms with Crippen LogP contribution in [-0.2, 0) is 16.1 Å². The third kappa shape index (κ3) is 7.31. The Bertz CT molecular complexity index is 853. The van der Waals surface area contributed by atoms with Gasteiger partial charge < -0.3 is 24.3 Å². The number of carbonyl (C=O) groups excluding carboxylic acids is 2. The van der Waals surface area contributed by atoms with Gasteiger partial charge in [-0.25, -0.2) is 9.78 Å². The molecular weight excluding hydrogens is 396 g/mol. The molecule has 8 heteroatoms. The van der Waals surface area contributed by atoms with Crippen molar-refractivity contribution in [2.75, 3.05) is 25.0 Å². The van der Waals surface area contributed by atoms with Crippen molar-refractivity contribution in [3.8, 4) is 5.75 Å². The molecule has 0 spiro atoms. The highest BCUT2D eigenvalue weighted by Crippen LogP contribution is 2.26. The van der Waals surface area contributed by atoms with E-state index in [0.717, 1.165) is 12.8 Å². The van der Waals surface area contributed by atoms with Gasteiger partial charge in [0, 0.05) is 31.9 Å². The molecule has 1 fully saturated rings. The fourth-order valence-corrected chi connectivity index (χ4v) is 3.49. The van der Waals surface area contributed by atoms with Gasteiger partial charge in [0.25, 0.3) is 0 Å². The Labute approximate surface area is 183 Å². The number of aromatic nitrogens is 2. The summed E-state index contributed by atoms with van der Waals surface area (Å²) in [6.45, 7) is 7.97. The average Bonchev–Trinajstić information content (AvgIpc) is 3.22. The van der Waals surface area contributed by atoms with Gasteiger partial charge in [-0.2, -0.15) is 0 Å². The normalized spacial score (nSPS) is 14.9. The van der Waals surface area contributed by atoms with E-state index in [-0.39, 0.29) is 17.9 Å². The summed E-state index contributed by atoms with van der Waals surface area (Å²) in [6, 6.07) is 7.45. The molecule has 2 amide bonds. The summed E-state index contributed by atoms with van der Waals surface area (Å²) in [5.74, 6) is 0.852. The van der Waals surface area contributed by atoms with Crippen LogP contribution in [0.5, 0.6) is 5.75 Å². The number of anilines is 1. The molecule has 0 saturated carbocycles. The van der Waals surface area contributed by atoms with E-state index in [1.165, 1.54) is 0 Å². The molecular formula is C23H32N4O4. The minimum atomic E-state index is -0.498. The molecule has 1 aliphatic heterocycles. The van der Waals surface area contributed by atoms with Crippen molar-refractivity contribution in [3.63, 3.8) is 0 Å². The van der Waals surface area contributed by atoms with Crippen molar-refractivity contribution in [2.45, 2.75) is 52.2 Å². The van der Waals surface area contributed by atoms with Crippen LogP contribution in [0, 0.1) is 5.92 Å². The molecule has 31 heavy (non-hydrogen) atoms. The average molecular weight is 429 g/mol. The lowest BCUT2D eigenvalue weighted by atomic mass is 9.93. The number of ether oxygens (including phenoxy) is 2. The topological polar surface area (TPSA) is 85.7 Å². The lowest BCUT2D eigenvalue weighted by Crippen LogP contribution is -2.42. The number of rotatable bonds is 7. The third-order valence-electron chi connectivity index (χ3n) is 5.07. The van der Waals surface area contributed by atoms with E-state index in [1.54, 1.807) is 17.4 Å². The van der Waals surface area contributed by atoms with Crippen LogP contribution in [0.25, 0.3) is 0 Å². The fourth-order valence-electron chi connectivity index (χ4n) is 3.49. The van der Waals surface area contributed by atoms with E-state index in [4.69, 9.17) is 9.47 Å². The fraction of sp³-hybridized carbons (Fsp3) is 0.522. The van der Waals surface area contributed by atoms with Gasteiger partial charge in [-0.15, -0.1) is 0 Å². The number of piperidine rings is 1. The number of likely N-dealkylation sites (tertiary alicyclic amines) is 1. The quantitative estimate of drug-likeness (QED) is 0.722. The number of carbonyl (C=O) groups is 2. The molecule has 168 valence electrons. The summed E-state index contributed by atoms with van der Waals surface area (Å²) in [6.07, 6.45) is 7.07. The highest BCUT2D eigenvalue weighted by Gasteiger charge is 2.27. The van der Waals surface area contributed by atoms with Gasteiger partial charge in [0.2, 0.25) is 5.91 Å². The number of nitrogens with one attached hydrogen (secondary N) is 1. The molecule has 0 atom stereocenters. The largest absolute Gasteiger partial charge is 0.490 e. The summed E-state index contributed by atoms with van der Waals surface area (Å²) in [7, 11) is 0. The predicted molar refractivity (Wildman–Crippen MR) is 118 cm³/mol. The zero-order chi connectivity index (χ0) is 22.3. The van der Waals surface area contributed by atoms with Gasteiger partial charge in [0.05, 0.1) is 18.6 Å². The van der Waals surface area contributed by atoms with Crippen LogP contribution in [0.15, 0.2) is 43.0 Å². The van der Waals surface area contributed by atoms with E-state index >= 15 is 0 Å². The first-order valence-corrected chi connectivity index (χ1v) is 10.8. The summed E-state index contributed by atoms with van der Waals surface area (Å²) in [5, 5.41) is 2.98. The lowest BCUT2D eigenvalue weighted by molar-refractivity contribution is -0.117. The molecule has 1 N–H and O–H groups in total. The van der Waals surface area contributed by atoms with Crippen molar-refractivity contribution in [1.29, 1.82) is 0 Å². The maximum absolute atomic E-state index is 12.6. The summed E-state index contributed by atoms with van der Waals surface area (Å²) >= 11 is 0. The van der Waals surface area contributed by atoms with Gasteiger partial charge in [0.15, 0.2) is 0 Å². The molecule has 1 aromatic heterocycles. The molecule has 1 aliphatic rings. The second-order valence-electron chi connectivity index (χ2n) is 8.81. The van der Waals surface area contributed by atoms with Crippen LogP contribution in [0.3, 0.4) is 0 Å². The first-order valence-electron chi connectivity index (χ1n) is 10.8. The van der Waals surface area contributed by atoms with Crippen LogP contribution in [-0.4, -0.2) is 51.7 Å². The standard InChI is InChI=1S/C23H32N4O4/c1-23(2,3)31-22(29)27-11-8-18(9-12-27)16-21(28)25-19-6-4-5-7-20(19)30-15-14-26-13-10-24-17-26/h4-7,10,13,17-18H,8-9,11-12,14-16H2,1-3H3,(H,25,28). The van der Waals surface area contributed by atoms with E-state index in [1.807, 2.05) is 55.8 Å². The number of nitrogens with zero attached hydrogens (tertiary/aromatic N) is 3. The van der Waals surface area contributed by atoms with Crippen LogP contribution in [0.4, 0.5) is 10.5 Å². The first kappa shape index (κ1) is 22.7. The molecule has 2 heterocycles. The Kier molecular flexibility index (Phi) is 7.55. The van der Waals surface area contributed by atoms with E-state index < -0.39 is 5.60 Å². The Morgan fingerprint density at radius 1 is 1.19 bits per heavy atom. The maximum Gasteiger partial charge on any atom is 0.410 e. The molecule has 0 unspecified atom stereocenters. The van der Waals surface area contributed by atoms with Crippen LogP contribution in [0.1, 0.15) is 40.0 Å². The van der Waals surface area contributed by atoms with Gasteiger partial charge in [-0.3, -0.25) is 4.79 Å². The zero-order valence-electron chi connectivity index (χ0n) is 18.5. The van der Waals surface area contributed by atoms with Crippen molar-refractivity contribution < 1.29 is 19.1 Å². The van der Waals surface area contributed by atoms with Gasteiger partial charge in [-0.05, 0) is 51.7 Å². The SMILES string of the molecule is CC(C)(C)OC(=O)N1CCC(CC(=O)Nc2ccccc2OCCn2ccnc2)CC1. The highest BCUT2D eigenvalue weighted by atomic mass is 16.6. The van der Waals surface area contributed by atoms with Crippen molar-refractivity contribution in [3.05, 3.63) is 43.0 Å². The molecule has 2 aromatic rings. The van der Waals surface area contributed by atoms with Crippen molar-refractivity contribution in [1.82, 2.24) is 14.5 Å². The minimum Gasteiger partial charge on any atom is -0.490 e. The van der Waals surface area contributed by atoms with Gasteiger partial charge in [-0.1, -0.05) is 12.1 Å². The number of imidazole rings is 1. The minimum absolute atomic E-state index is 0.0404. The molecule has 1 aromatic carbocycles. The summed E-state index contributed by atoms with van der Waals surface area (Å²) in [4.78, 5) is 30.5. The monoisotopic (exact) mass is 428 g/mol. The number of hydrogen-bond acceptors (Lipinski definition) is 5. The molecule has 0 bridgehead atoms. The zero-order valence-corrected chi connectivity index (χ0v) is 18.5. The van der Waals surface area contributed by atoms with E-state index in [2.05, 4.69) is 10.3 Å². The molecule has 3 rings (SSSR count). The van der Waals surface area contributed by atoms with Crippen molar-refractivity contribution >= 4 is 17.7 Å². The third-order valence-corrected chi connectivity index (χ3v) is 5.07. The Hall–Kier alpha value is -3.03.